The summed E-state index contributed by atoms with van der Waals surface area (Å²) in [5.74, 6) is 0.966. The molecule has 0 radical (unpaired) electrons. The van der Waals surface area contributed by atoms with Crippen LogP contribution in [0.3, 0.4) is 0 Å². The van der Waals surface area contributed by atoms with Crippen molar-refractivity contribution in [2.75, 3.05) is 44.3 Å². The third-order valence-electron chi connectivity index (χ3n) is 4.27. The van der Waals surface area contributed by atoms with Gasteiger partial charge in [0.15, 0.2) is 0 Å². The van der Waals surface area contributed by atoms with Crippen molar-refractivity contribution < 1.29 is 19.0 Å². The summed E-state index contributed by atoms with van der Waals surface area (Å²) < 4.78 is 16.9. The maximum atomic E-state index is 12.3. The second-order valence-electron chi connectivity index (χ2n) is 7.74. The lowest BCUT2D eigenvalue weighted by Gasteiger charge is -2.34. The average molecular weight is 399 g/mol. The molecule has 0 bridgehead atoms. The number of likely N-dealkylation sites (tertiary alicyclic amines) is 1. The molecule has 9 heteroatoms. The Bertz CT molecular complexity index is 661. The molecular formula is C18H27ClN4O4. The molecule has 2 saturated heterocycles. The summed E-state index contributed by atoms with van der Waals surface area (Å²) in [5, 5.41) is 0.335. The second kappa shape index (κ2) is 8.48. The molecule has 1 atom stereocenters. The van der Waals surface area contributed by atoms with Gasteiger partial charge in [0.05, 0.1) is 19.8 Å². The fourth-order valence-electron chi connectivity index (χ4n) is 3.05. The molecule has 1 aromatic heterocycles. The van der Waals surface area contributed by atoms with Crippen LogP contribution >= 0.6 is 11.6 Å². The maximum Gasteiger partial charge on any atom is 0.410 e. The fraction of sp³-hybridized carbons (Fsp3) is 0.722. The number of ether oxygens (including phenoxy) is 3. The highest BCUT2D eigenvalue weighted by atomic mass is 35.5. The van der Waals surface area contributed by atoms with Gasteiger partial charge in [-0.05, 0) is 33.6 Å². The van der Waals surface area contributed by atoms with E-state index in [9.17, 15) is 4.79 Å². The van der Waals surface area contributed by atoms with Gasteiger partial charge in [-0.25, -0.2) is 9.78 Å². The Balaban J connectivity index is 1.64. The number of halogens is 1. The summed E-state index contributed by atoms with van der Waals surface area (Å²) in [6, 6.07) is 1.61. The summed E-state index contributed by atoms with van der Waals surface area (Å²) in [7, 11) is 0. The number of aromatic nitrogens is 2. The first-order chi connectivity index (χ1) is 12.8. The first kappa shape index (κ1) is 19.9. The van der Waals surface area contributed by atoms with Crippen molar-refractivity contribution in [3.63, 3.8) is 0 Å². The van der Waals surface area contributed by atoms with Crippen molar-refractivity contribution in [2.45, 2.75) is 45.3 Å². The number of piperidine rings is 1. The van der Waals surface area contributed by atoms with Gasteiger partial charge in [0.2, 0.25) is 11.8 Å². The normalized spacial score (nSPS) is 21.1. The van der Waals surface area contributed by atoms with Crippen molar-refractivity contribution in [3.8, 4) is 5.88 Å². The van der Waals surface area contributed by atoms with Crippen LogP contribution in [0.1, 0.15) is 33.6 Å². The van der Waals surface area contributed by atoms with E-state index in [4.69, 9.17) is 25.8 Å². The number of nitrogens with zero attached hydrogens (tertiary/aromatic N) is 4. The molecule has 3 heterocycles. The summed E-state index contributed by atoms with van der Waals surface area (Å²) in [5.41, 5.74) is -0.516. The van der Waals surface area contributed by atoms with Gasteiger partial charge in [-0.3, -0.25) is 0 Å². The standard InChI is InChI=1S/C18H27ClN4O4/c1-18(2,3)27-17(24)23-6-4-5-13(12-23)26-15-11-14(19)20-16(21-15)22-7-9-25-10-8-22/h11,13H,4-10,12H2,1-3H3. The van der Waals surface area contributed by atoms with E-state index < -0.39 is 5.60 Å². The minimum atomic E-state index is -0.516. The first-order valence-electron chi connectivity index (χ1n) is 9.32. The molecule has 150 valence electrons. The highest BCUT2D eigenvalue weighted by Crippen LogP contribution is 2.23. The zero-order valence-electron chi connectivity index (χ0n) is 16.1. The smallest absolute Gasteiger partial charge is 0.410 e. The zero-order valence-corrected chi connectivity index (χ0v) is 16.9. The zero-order chi connectivity index (χ0) is 19.4. The lowest BCUT2D eigenvalue weighted by atomic mass is 10.1. The molecule has 0 saturated carbocycles. The van der Waals surface area contributed by atoms with Gasteiger partial charge in [0, 0.05) is 25.7 Å². The Labute approximate surface area is 164 Å². The van der Waals surface area contributed by atoms with Crippen LogP contribution in [0.2, 0.25) is 5.15 Å². The molecule has 2 fully saturated rings. The van der Waals surface area contributed by atoms with Crippen molar-refractivity contribution in [1.29, 1.82) is 0 Å². The number of anilines is 1. The molecular weight excluding hydrogens is 372 g/mol. The van der Waals surface area contributed by atoms with Gasteiger partial charge in [-0.2, -0.15) is 4.98 Å². The molecule has 2 aliphatic rings. The quantitative estimate of drug-likeness (QED) is 0.724. The van der Waals surface area contributed by atoms with E-state index in [-0.39, 0.29) is 12.2 Å². The Morgan fingerprint density at radius 2 is 2.00 bits per heavy atom. The van der Waals surface area contributed by atoms with Gasteiger partial charge < -0.3 is 24.0 Å². The van der Waals surface area contributed by atoms with Crippen LogP contribution in [-0.2, 0) is 9.47 Å². The van der Waals surface area contributed by atoms with Crippen LogP contribution in [0, 0.1) is 0 Å². The largest absolute Gasteiger partial charge is 0.472 e. The van der Waals surface area contributed by atoms with Crippen LogP contribution in [0.4, 0.5) is 10.7 Å². The molecule has 1 amide bonds. The summed E-state index contributed by atoms with van der Waals surface area (Å²) >= 11 is 6.17. The molecule has 1 aromatic rings. The minimum Gasteiger partial charge on any atom is -0.472 e. The van der Waals surface area contributed by atoms with Crippen molar-refractivity contribution in [2.24, 2.45) is 0 Å². The molecule has 8 nitrogen and oxygen atoms in total. The Morgan fingerprint density at radius 3 is 2.70 bits per heavy atom. The summed E-state index contributed by atoms with van der Waals surface area (Å²) in [4.78, 5) is 24.8. The lowest BCUT2D eigenvalue weighted by Crippen LogP contribution is -2.46. The van der Waals surface area contributed by atoms with Crippen molar-refractivity contribution >= 4 is 23.6 Å². The molecule has 0 N–H and O–H groups in total. The second-order valence-corrected chi connectivity index (χ2v) is 8.12. The van der Waals surface area contributed by atoms with Crippen molar-refractivity contribution in [3.05, 3.63) is 11.2 Å². The third kappa shape index (κ3) is 5.84. The SMILES string of the molecule is CC(C)(C)OC(=O)N1CCCC(Oc2cc(Cl)nc(N3CCOCC3)n2)C1. The number of morpholine rings is 1. The van der Waals surface area contributed by atoms with Crippen LogP contribution < -0.4 is 9.64 Å². The van der Waals surface area contributed by atoms with Crippen LogP contribution in [0.5, 0.6) is 5.88 Å². The predicted molar refractivity (Wildman–Crippen MR) is 102 cm³/mol. The van der Waals surface area contributed by atoms with E-state index >= 15 is 0 Å². The highest BCUT2D eigenvalue weighted by molar-refractivity contribution is 6.29. The average Bonchev–Trinajstić information content (AvgIpc) is 2.61. The van der Waals surface area contributed by atoms with Gasteiger partial charge >= 0.3 is 6.09 Å². The fourth-order valence-corrected chi connectivity index (χ4v) is 3.22. The lowest BCUT2D eigenvalue weighted by molar-refractivity contribution is 0.00721. The number of rotatable bonds is 3. The predicted octanol–water partition coefficient (Wildman–Crippen LogP) is 2.74. The van der Waals surface area contributed by atoms with Crippen LogP contribution in [0.15, 0.2) is 6.07 Å². The van der Waals surface area contributed by atoms with E-state index in [1.165, 1.54) is 0 Å². The molecule has 0 aliphatic carbocycles. The van der Waals surface area contributed by atoms with Crippen LogP contribution in [0.25, 0.3) is 0 Å². The summed E-state index contributed by atoms with van der Waals surface area (Å²) in [6.45, 7) is 9.42. The van der Waals surface area contributed by atoms with E-state index in [0.29, 0.717) is 43.3 Å². The molecule has 2 aliphatic heterocycles. The molecule has 0 spiro atoms. The number of carbonyl (C=O) groups is 1. The topological polar surface area (TPSA) is 77.0 Å². The number of hydrogen-bond donors (Lipinski definition) is 0. The van der Waals surface area contributed by atoms with E-state index in [1.807, 2.05) is 25.7 Å². The van der Waals surface area contributed by atoms with E-state index in [2.05, 4.69) is 9.97 Å². The van der Waals surface area contributed by atoms with Gasteiger partial charge in [-0.1, -0.05) is 11.6 Å². The molecule has 27 heavy (non-hydrogen) atoms. The van der Waals surface area contributed by atoms with Crippen LogP contribution in [-0.4, -0.2) is 72.1 Å². The monoisotopic (exact) mass is 398 g/mol. The van der Waals surface area contributed by atoms with Gasteiger partial charge in [0.1, 0.15) is 16.9 Å². The van der Waals surface area contributed by atoms with E-state index in [0.717, 1.165) is 25.9 Å². The Hall–Kier alpha value is -1.80. The summed E-state index contributed by atoms with van der Waals surface area (Å²) in [6.07, 6.45) is 1.22. The first-order valence-corrected chi connectivity index (χ1v) is 9.70. The van der Waals surface area contributed by atoms with E-state index in [1.54, 1.807) is 11.0 Å². The van der Waals surface area contributed by atoms with Crippen molar-refractivity contribution in [1.82, 2.24) is 14.9 Å². The van der Waals surface area contributed by atoms with Gasteiger partial charge in [-0.15, -0.1) is 0 Å². The number of hydrogen-bond acceptors (Lipinski definition) is 7. The number of amides is 1. The number of carbonyl (C=O) groups excluding carboxylic acids is 1. The Kier molecular flexibility index (Phi) is 6.26. The Morgan fingerprint density at radius 1 is 1.26 bits per heavy atom. The molecule has 0 aromatic carbocycles. The maximum absolute atomic E-state index is 12.3. The highest BCUT2D eigenvalue weighted by Gasteiger charge is 2.29. The molecule has 1 unspecified atom stereocenters. The minimum absolute atomic E-state index is 0.158. The molecule has 3 rings (SSSR count). The van der Waals surface area contributed by atoms with Gasteiger partial charge in [0.25, 0.3) is 0 Å². The third-order valence-corrected chi connectivity index (χ3v) is 4.46.